The second-order valence-electron chi connectivity index (χ2n) is 3.69. The van der Waals surface area contributed by atoms with Crippen LogP contribution in [-0.4, -0.2) is 23.9 Å². The molecule has 3 nitrogen and oxygen atoms in total. The molecular weight excluding hydrogens is 276 g/mol. The summed E-state index contributed by atoms with van der Waals surface area (Å²) in [5.41, 5.74) is 6.72. The highest BCUT2D eigenvalue weighted by atomic mass is 79.9. The van der Waals surface area contributed by atoms with E-state index >= 15 is 0 Å². The summed E-state index contributed by atoms with van der Waals surface area (Å²) in [7, 11) is 1.80. The zero-order chi connectivity index (χ0) is 11.4. The summed E-state index contributed by atoms with van der Waals surface area (Å²) in [5.74, 6) is 0.0901. The fourth-order valence-electron chi connectivity index (χ4n) is 1.22. The number of halogens is 1. The summed E-state index contributed by atoms with van der Waals surface area (Å²) >= 11 is 5.02. The van der Waals surface area contributed by atoms with E-state index in [-0.39, 0.29) is 11.9 Å². The first-order valence-corrected chi connectivity index (χ1v) is 6.38. The molecule has 0 bridgehead atoms. The van der Waals surface area contributed by atoms with Crippen LogP contribution in [0.25, 0.3) is 0 Å². The van der Waals surface area contributed by atoms with Crippen molar-refractivity contribution in [2.45, 2.75) is 25.9 Å². The third-order valence-corrected chi connectivity index (χ3v) is 3.52. The molecule has 0 saturated heterocycles. The third-order valence-electron chi connectivity index (χ3n) is 1.96. The highest BCUT2D eigenvalue weighted by Gasteiger charge is 2.11. The maximum absolute atomic E-state index is 11.6. The van der Waals surface area contributed by atoms with Crippen LogP contribution >= 0.6 is 27.3 Å². The predicted octanol–water partition coefficient (Wildman–Crippen LogP) is 2.21. The molecule has 0 aliphatic rings. The highest BCUT2D eigenvalue weighted by Crippen LogP contribution is 2.21. The van der Waals surface area contributed by atoms with E-state index in [1.807, 2.05) is 18.4 Å². The van der Waals surface area contributed by atoms with Gasteiger partial charge in [-0.2, -0.15) is 0 Å². The summed E-state index contributed by atoms with van der Waals surface area (Å²) in [6, 6.07) is 1.95. The Bertz CT molecular complexity index is 338. The second-order valence-corrected chi connectivity index (χ2v) is 5.98. The maximum atomic E-state index is 11.6. The van der Waals surface area contributed by atoms with Crippen LogP contribution in [0, 0.1) is 0 Å². The highest BCUT2D eigenvalue weighted by molar-refractivity contribution is 9.11. The summed E-state index contributed by atoms with van der Waals surface area (Å²) in [6.07, 6.45) is 0.405. The van der Waals surface area contributed by atoms with Crippen LogP contribution in [0.2, 0.25) is 0 Å². The lowest BCUT2D eigenvalue weighted by Crippen LogP contribution is -2.31. The molecule has 1 aromatic rings. The SMILES string of the molecule is CC(N)CC(=O)N(C)Cc1csc(Br)c1. The van der Waals surface area contributed by atoms with Crippen molar-refractivity contribution in [1.29, 1.82) is 0 Å². The van der Waals surface area contributed by atoms with Gasteiger partial charge in [0.1, 0.15) is 0 Å². The average molecular weight is 291 g/mol. The molecule has 84 valence electrons. The number of carbonyl (C=O) groups is 1. The Morgan fingerprint density at radius 1 is 1.73 bits per heavy atom. The molecule has 0 aromatic carbocycles. The largest absolute Gasteiger partial charge is 0.341 e. The maximum Gasteiger partial charge on any atom is 0.224 e. The van der Waals surface area contributed by atoms with Crippen molar-refractivity contribution in [2.75, 3.05) is 7.05 Å². The Morgan fingerprint density at radius 3 is 2.87 bits per heavy atom. The minimum Gasteiger partial charge on any atom is -0.341 e. The lowest BCUT2D eigenvalue weighted by molar-refractivity contribution is -0.130. The number of thiophene rings is 1. The van der Waals surface area contributed by atoms with Gasteiger partial charge in [0.25, 0.3) is 0 Å². The Morgan fingerprint density at radius 2 is 2.40 bits per heavy atom. The van der Waals surface area contributed by atoms with Crippen LogP contribution in [0.3, 0.4) is 0 Å². The van der Waals surface area contributed by atoms with Gasteiger partial charge in [-0.3, -0.25) is 4.79 Å². The van der Waals surface area contributed by atoms with Gasteiger partial charge in [0, 0.05) is 26.1 Å². The average Bonchev–Trinajstić information content (AvgIpc) is 2.50. The van der Waals surface area contributed by atoms with Crippen LogP contribution in [0.1, 0.15) is 18.9 Å². The van der Waals surface area contributed by atoms with E-state index in [0.29, 0.717) is 13.0 Å². The van der Waals surface area contributed by atoms with Gasteiger partial charge in [0.05, 0.1) is 3.79 Å². The molecule has 0 aliphatic heterocycles. The third kappa shape index (κ3) is 4.32. The predicted molar refractivity (Wildman–Crippen MR) is 66.8 cm³/mol. The van der Waals surface area contributed by atoms with Gasteiger partial charge in [-0.25, -0.2) is 0 Å². The van der Waals surface area contributed by atoms with Crippen LogP contribution in [0.15, 0.2) is 15.2 Å². The van der Waals surface area contributed by atoms with Gasteiger partial charge in [-0.15, -0.1) is 11.3 Å². The van der Waals surface area contributed by atoms with Crippen molar-refractivity contribution in [1.82, 2.24) is 4.90 Å². The number of rotatable bonds is 4. The topological polar surface area (TPSA) is 46.3 Å². The quantitative estimate of drug-likeness (QED) is 0.924. The van der Waals surface area contributed by atoms with Crippen molar-refractivity contribution >= 4 is 33.2 Å². The number of carbonyl (C=O) groups excluding carboxylic acids is 1. The molecule has 1 amide bonds. The lowest BCUT2D eigenvalue weighted by atomic mass is 10.2. The van der Waals surface area contributed by atoms with E-state index in [4.69, 9.17) is 5.73 Å². The number of amides is 1. The molecule has 0 saturated carbocycles. The first kappa shape index (κ1) is 12.7. The van der Waals surface area contributed by atoms with Gasteiger partial charge in [-0.1, -0.05) is 0 Å². The van der Waals surface area contributed by atoms with Crippen molar-refractivity contribution in [3.8, 4) is 0 Å². The summed E-state index contributed by atoms with van der Waals surface area (Å²) < 4.78 is 1.09. The van der Waals surface area contributed by atoms with E-state index in [2.05, 4.69) is 15.9 Å². The fraction of sp³-hybridized carbons (Fsp3) is 0.500. The van der Waals surface area contributed by atoms with Gasteiger partial charge >= 0.3 is 0 Å². The van der Waals surface area contributed by atoms with E-state index in [1.54, 1.807) is 23.3 Å². The summed E-state index contributed by atoms with van der Waals surface area (Å²) in [4.78, 5) is 13.3. The van der Waals surface area contributed by atoms with Crippen molar-refractivity contribution < 1.29 is 4.79 Å². The van der Waals surface area contributed by atoms with Crippen molar-refractivity contribution in [2.24, 2.45) is 5.73 Å². The second kappa shape index (κ2) is 5.63. The summed E-state index contributed by atoms with van der Waals surface area (Å²) in [6.45, 7) is 2.49. The molecule has 1 aromatic heterocycles. The van der Waals surface area contributed by atoms with Crippen LogP contribution < -0.4 is 5.73 Å². The number of nitrogens with two attached hydrogens (primary N) is 1. The molecule has 1 rings (SSSR count). The molecule has 1 heterocycles. The zero-order valence-corrected chi connectivity index (χ0v) is 11.3. The number of hydrogen-bond acceptors (Lipinski definition) is 3. The molecule has 0 aliphatic carbocycles. The molecule has 5 heteroatoms. The first-order valence-electron chi connectivity index (χ1n) is 4.71. The molecule has 0 fully saturated rings. The number of hydrogen-bond donors (Lipinski definition) is 1. The minimum absolute atomic E-state index is 0.0749. The minimum atomic E-state index is -0.0749. The van der Waals surface area contributed by atoms with Crippen LogP contribution in [0.5, 0.6) is 0 Å². The molecule has 15 heavy (non-hydrogen) atoms. The lowest BCUT2D eigenvalue weighted by Gasteiger charge is -2.17. The molecule has 0 spiro atoms. The Hall–Kier alpha value is -0.390. The standard InChI is InChI=1S/C10H15BrN2OS/c1-7(12)3-10(14)13(2)5-8-4-9(11)15-6-8/h4,6-7H,3,5,12H2,1-2H3. The van der Waals surface area contributed by atoms with Crippen LogP contribution in [-0.2, 0) is 11.3 Å². The molecule has 0 radical (unpaired) electrons. The van der Waals surface area contributed by atoms with E-state index in [9.17, 15) is 4.79 Å². The van der Waals surface area contributed by atoms with Gasteiger partial charge in [0.15, 0.2) is 0 Å². The molecule has 1 atom stereocenters. The molecule has 1 unspecified atom stereocenters. The molecule has 2 N–H and O–H groups in total. The monoisotopic (exact) mass is 290 g/mol. The van der Waals surface area contributed by atoms with E-state index in [1.165, 1.54) is 0 Å². The number of nitrogens with zero attached hydrogens (tertiary/aromatic N) is 1. The Balaban J connectivity index is 2.48. The molecular formula is C10H15BrN2OS. The van der Waals surface area contributed by atoms with Crippen molar-refractivity contribution in [3.63, 3.8) is 0 Å². The summed E-state index contributed by atoms with van der Waals surface area (Å²) in [5, 5.41) is 2.04. The van der Waals surface area contributed by atoms with E-state index in [0.717, 1.165) is 9.35 Å². The Kier molecular flexibility index (Phi) is 4.76. The fourth-order valence-corrected chi connectivity index (χ4v) is 2.42. The van der Waals surface area contributed by atoms with Crippen molar-refractivity contribution in [3.05, 3.63) is 20.8 Å². The zero-order valence-electron chi connectivity index (χ0n) is 8.87. The van der Waals surface area contributed by atoms with Crippen LogP contribution in [0.4, 0.5) is 0 Å². The Labute approximate surface area is 102 Å². The van der Waals surface area contributed by atoms with Gasteiger partial charge in [0.2, 0.25) is 5.91 Å². The van der Waals surface area contributed by atoms with Gasteiger partial charge < -0.3 is 10.6 Å². The smallest absolute Gasteiger partial charge is 0.224 e. The van der Waals surface area contributed by atoms with Gasteiger partial charge in [-0.05, 0) is 39.9 Å². The van der Waals surface area contributed by atoms with E-state index < -0.39 is 0 Å². The normalized spacial score (nSPS) is 12.5. The first-order chi connectivity index (χ1) is 6.99.